The molecule has 0 bridgehead atoms. The lowest BCUT2D eigenvalue weighted by Gasteiger charge is -2.18. The molecular weight excluding hydrogens is 378 g/mol. The Kier molecular flexibility index (Phi) is 4.63. The predicted octanol–water partition coefficient (Wildman–Crippen LogP) is 4.06. The third-order valence-electron chi connectivity index (χ3n) is 5.14. The first kappa shape index (κ1) is 18.8. The van der Waals surface area contributed by atoms with Crippen LogP contribution < -0.4 is 5.43 Å². The summed E-state index contributed by atoms with van der Waals surface area (Å²) in [6, 6.07) is 11.1. The minimum absolute atomic E-state index is 0.0993. The molecule has 1 aliphatic carbocycles. The summed E-state index contributed by atoms with van der Waals surface area (Å²) in [4.78, 5) is 24.7. The number of fused-ring (bicyclic) bond motifs is 1. The maximum absolute atomic E-state index is 15.6. The number of aromatic nitrogens is 1. The van der Waals surface area contributed by atoms with E-state index in [0.29, 0.717) is 5.56 Å². The first-order chi connectivity index (χ1) is 14.0. The van der Waals surface area contributed by atoms with Gasteiger partial charge in [-0.25, -0.2) is 13.6 Å². The number of hydrogen-bond acceptors (Lipinski definition) is 4. The first-order valence-electron chi connectivity index (χ1n) is 9.07. The van der Waals surface area contributed by atoms with Gasteiger partial charge in [0.1, 0.15) is 17.3 Å². The van der Waals surface area contributed by atoms with Crippen LogP contribution in [-0.2, 0) is 4.74 Å². The molecule has 29 heavy (non-hydrogen) atoms. The second-order valence-corrected chi connectivity index (χ2v) is 6.96. The van der Waals surface area contributed by atoms with Crippen LogP contribution in [0.5, 0.6) is 0 Å². The minimum atomic E-state index is -1.18. The quantitative estimate of drug-likeness (QED) is 0.626. The number of esters is 1. The molecule has 1 unspecified atom stereocenters. The van der Waals surface area contributed by atoms with Gasteiger partial charge in [-0.2, -0.15) is 5.26 Å². The highest BCUT2D eigenvalue weighted by atomic mass is 19.1. The lowest BCUT2D eigenvalue weighted by molar-refractivity contribution is 0.0598. The van der Waals surface area contributed by atoms with Crippen LogP contribution in [0.15, 0.2) is 47.4 Å². The zero-order valence-electron chi connectivity index (χ0n) is 15.5. The van der Waals surface area contributed by atoms with Gasteiger partial charge < -0.3 is 9.30 Å². The average Bonchev–Trinajstić information content (AvgIpc) is 3.57. The summed E-state index contributed by atoms with van der Waals surface area (Å²) in [5, 5.41) is 9.39. The van der Waals surface area contributed by atoms with Crippen molar-refractivity contribution in [2.45, 2.75) is 24.8 Å². The summed E-state index contributed by atoms with van der Waals surface area (Å²) in [6.07, 6.45) is 2.75. The van der Waals surface area contributed by atoms with Crippen LogP contribution in [0.4, 0.5) is 8.78 Å². The number of ether oxygens (including phenoxy) is 1. The van der Waals surface area contributed by atoms with Crippen molar-refractivity contribution in [3.05, 3.63) is 81.1 Å². The van der Waals surface area contributed by atoms with Gasteiger partial charge >= 0.3 is 5.97 Å². The zero-order chi connectivity index (χ0) is 20.7. The average molecular weight is 394 g/mol. The molecule has 0 N–H and O–H groups in total. The molecule has 1 saturated carbocycles. The summed E-state index contributed by atoms with van der Waals surface area (Å²) >= 11 is 0. The molecule has 0 saturated heterocycles. The Morgan fingerprint density at radius 2 is 1.97 bits per heavy atom. The van der Waals surface area contributed by atoms with E-state index in [4.69, 9.17) is 0 Å². The Labute approximate surface area is 164 Å². The van der Waals surface area contributed by atoms with Crippen molar-refractivity contribution in [2.75, 3.05) is 7.11 Å². The monoisotopic (exact) mass is 394 g/mol. The standard InChI is InChI=1S/C22H16F2N2O3/c1-29-22(28)16-11-26(13-7-8-13)20-14(21(16)27)9-17(23)18(19(20)24)15(10-25)12-5-3-2-4-6-12/h2-6,9,11,13,15H,7-8H2,1H3. The molecule has 0 aliphatic heterocycles. The highest BCUT2D eigenvalue weighted by molar-refractivity contribution is 5.94. The van der Waals surface area contributed by atoms with E-state index in [0.717, 1.165) is 26.0 Å². The number of methoxy groups -OCH3 is 1. The van der Waals surface area contributed by atoms with Gasteiger partial charge in [0.15, 0.2) is 5.82 Å². The fourth-order valence-corrected chi connectivity index (χ4v) is 3.57. The summed E-state index contributed by atoms with van der Waals surface area (Å²) in [7, 11) is 1.13. The molecule has 1 atom stereocenters. The van der Waals surface area contributed by atoms with Crippen molar-refractivity contribution < 1.29 is 18.3 Å². The third-order valence-corrected chi connectivity index (χ3v) is 5.14. The van der Waals surface area contributed by atoms with Crippen LogP contribution in [0.1, 0.15) is 46.3 Å². The summed E-state index contributed by atoms with van der Waals surface area (Å²) in [5.41, 5.74) is -1.15. The van der Waals surface area contributed by atoms with Gasteiger partial charge in [0.05, 0.1) is 24.1 Å². The molecular formula is C22H16F2N2O3. The largest absolute Gasteiger partial charge is 0.465 e. The minimum Gasteiger partial charge on any atom is -0.465 e. The van der Waals surface area contributed by atoms with E-state index in [2.05, 4.69) is 4.74 Å². The number of carbonyl (C=O) groups is 1. The highest BCUT2D eigenvalue weighted by Gasteiger charge is 2.32. The van der Waals surface area contributed by atoms with Crippen LogP contribution in [-0.4, -0.2) is 17.6 Å². The van der Waals surface area contributed by atoms with E-state index in [1.54, 1.807) is 30.3 Å². The Morgan fingerprint density at radius 1 is 1.28 bits per heavy atom. The van der Waals surface area contributed by atoms with E-state index in [1.165, 1.54) is 10.8 Å². The number of halogens is 2. The van der Waals surface area contributed by atoms with Gasteiger partial charge in [-0.1, -0.05) is 30.3 Å². The van der Waals surface area contributed by atoms with Crippen molar-refractivity contribution in [2.24, 2.45) is 0 Å². The number of nitrogens with zero attached hydrogens (tertiary/aromatic N) is 2. The Hall–Kier alpha value is -3.53. The second kappa shape index (κ2) is 7.13. The van der Waals surface area contributed by atoms with E-state index in [-0.39, 0.29) is 22.5 Å². The number of pyridine rings is 1. The molecule has 0 radical (unpaired) electrons. The van der Waals surface area contributed by atoms with Crippen molar-refractivity contribution in [1.29, 1.82) is 5.26 Å². The van der Waals surface area contributed by atoms with Gasteiger partial charge in [0.2, 0.25) is 5.43 Å². The Morgan fingerprint density at radius 3 is 2.55 bits per heavy atom. The van der Waals surface area contributed by atoms with E-state index >= 15 is 4.39 Å². The first-order valence-corrected chi connectivity index (χ1v) is 9.07. The van der Waals surface area contributed by atoms with Crippen molar-refractivity contribution in [3.8, 4) is 6.07 Å². The van der Waals surface area contributed by atoms with E-state index in [9.17, 15) is 19.2 Å². The third kappa shape index (κ3) is 3.07. The molecule has 0 amide bonds. The van der Waals surface area contributed by atoms with Crippen molar-refractivity contribution in [1.82, 2.24) is 4.57 Å². The van der Waals surface area contributed by atoms with Crippen LogP contribution in [0.3, 0.4) is 0 Å². The maximum atomic E-state index is 15.6. The van der Waals surface area contributed by atoms with E-state index in [1.807, 2.05) is 6.07 Å². The van der Waals surface area contributed by atoms with Gasteiger partial charge in [0.25, 0.3) is 0 Å². The molecule has 146 valence electrons. The molecule has 1 fully saturated rings. The van der Waals surface area contributed by atoms with Gasteiger partial charge in [-0.15, -0.1) is 0 Å². The molecule has 5 nitrogen and oxygen atoms in total. The fraction of sp³-hybridized carbons (Fsp3) is 0.227. The molecule has 7 heteroatoms. The van der Waals surface area contributed by atoms with Crippen LogP contribution in [0.25, 0.3) is 10.9 Å². The number of benzene rings is 2. The lowest BCUT2D eigenvalue weighted by Crippen LogP contribution is -2.21. The zero-order valence-corrected chi connectivity index (χ0v) is 15.5. The van der Waals surface area contributed by atoms with E-state index < -0.39 is 34.5 Å². The fourth-order valence-electron chi connectivity index (χ4n) is 3.57. The summed E-state index contributed by atoms with van der Waals surface area (Å²) < 4.78 is 36.7. The molecule has 1 aliphatic rings. The Balaban J connectivity index is 2.05. The van der Waals surface area contributed by atoms with Gasteiger partial charge in [-0.05, 0) is 24.5 Å². The van der Waals surface area contributed by atoms with Gasteiger partial charge in [0, 0.05) is 17.8 Å². The number of carbonyl (C=O) groups excluding carboxylic acids is 1. The normalized spacial score (nSPS) is 14.4. The maximum Gasteiger partial charge on any atom is 0.343 e. The molecule has 0 spiro atoms. The van der Waals surface area contributed by atoms with Crippen molar-refractivity contribution >= 4 is 16.9 Å². The number of rotatable bonds is 4. The number of hydrogen-bond donors (Lipinski definition) is 0. The van der Waals surface area contributed by atoms with Crippen LogP contribution in [0.2, 0.25) is 0 Å². The summed E-state index contributed by atoms with van der Waals surface area (Å²) in [6.45, 7) is 0. The van der Waals surface area contributed by atoms with Crippen molar-refractivity contribution in [3.63, 3.8) is 0 Å². The molecule has 1 aromatic heterocycles. The van der Waals surface area contributed by atoms with Crippen LogP contribution >= 0.6 is 0 Å². The van der Waals surface area contributed by atoms with Gasteiger partial charge in [-0.3, -0.25) is 4.79 Å². The van der Waals surface area contributed by atoms with Crippen LogP contribution in [0, 0.1) is 23.0 Å². The Bertz CT molecular complexity index is 1230. The molecule has 4 rings (SSSR count). The lowest BCUT2D eigenvalue weighted by atomic mass is 9.90. The molecule has 1 heterocycles. The SMILES string of the molecule is COC(=O)c1cn(C2CC2)c2c(F)c(C(C#N)c3ccccc3)c(F)cc2c1=O. The number of nitriles is 1. The summed E-state index contributed by atoms with van der Waals surface area (Å²) in [5.74, 6) is -4.01. The molecule has 2 aromatic carbocycles. The smallest absolute Gasteiger partial charge is 0.343 e. The second-order valence-electron chi connectivity index (χ2n) is 6.96. The topological polar surface area (TPSA) is 72.1 Å². The predicted molar refractivity (Wildman–Crippen MR) is 102 cm³/mol. The highest BCUT2D eigenvalue weighted by Crippen LogP contribution is 2.39. The molecule has 3 aromatic rings.